The monoisotopic (exact) mass is 256 g/mol. The van der Waals surface area contributed by atoms with Crippen molar-refractivity contribution in [2.24, 2.45) is 5.73 Å². The summed E-state index contributed by atoms with van der Waals surface area (Å²) in [7, 11) is 0. The Balaban J connectivity index is 1.88. The number of aryl methyl sites for hydroxylation is 1. The number of hydrogen-bond donors (Lipinski definition) is 1. The van der Waals surface area contributed by atoms with Crippen LogP contribution in [0.15, 0.2) is 30.6 Å². The summed E-state index contributed by atoms with van der Waals surface area (Å²) in [5.41, 5.74) is 7.11. The summed E-state index contributed by atoms with van der Waals surface area (Å²) in [5.74, 6) is 0.984. The fraction of sp³-hybridized carbons (Fsp3) is 0.438. The highest BCUT2D eigenvalue weighted by Crippen LogP contribution is 2.31. The maximum atomic E-state index is 6.21. The molecule has 0 bridgehead atoms. The molecule has 3 heteroatoms. The van der Waals surface area contributed by atoms with Crippen molar-refractivity contribution < 1.29 is 4.74 Å². The van der Waals surface area contributed by atoms with E-state index in [2.05, 4.69) is 24.0 Å². The van der Waals surface area contributed by atoms with Gasteiger partial charge < -0.3 is 10.5 Å². The number of hydrogen-bond acceptors (Lipinski definition) is 3. The SMILES string of the molecule is Cc1cncc2cccc(O[C@H]3CC[C@@H](N)CC3)c12. The van der Waals surface area contributed by atoms with Gasteiger partial charge in [-0.25, -0.2) is 0 Å². The van der Waals surface area contributed by atoms with E-state index in [4.69, 9.17) is 10.5 Å². The van der Waals surface area contributed by atoms with Crippen molar-refractivity contribution in [2.75, 3.05) is 0 Å². The summed E-state index contributed by atoms with van der Waals surface area (Å²) in [5, 5.41) is 2.33. The quantitative estimate of drug-likeness (QED) is 0.897. The van der Waals surface area contributed by atoms with E-state index in [9.17, 15) is 0 Å². The standard InChI is InChI=1S/C16H20N2O/c1-11-9-18-10-12-3-2-4-15(16(11)12)19-14-7-5-13(17)6-8-14/h2-4,9-10,13-14H,5-8,17H2,1H3/t13-,14+. The Bertz CT molecular complexity index is 569. The van der Waals surface area contributed by atoms with Crippen LogP contribution in [0.25, 0.3) is 10.8 Å². The molecule has 0 aliphatic heterocycles. The van der Waals surface area contributed by atoms with E-state index in [0.29, 0.717) is 12.1 Å². The largest absolute Gasteiger partial charge is 0.490 e. The maximum Gasteiger partial charge on any atom is 0.127 e. The fourth-order valence-electron chi connectivity index (χ4n) is 2.86. The highest BCUT2D eigenvalue weighted by molar-refractivity contribution is 5.90. The Hall–Kier alpha value is -1.61. The molecule has 3 rings (SSSR count). The molecule has 2 N–H and O–H groups in total. The first-order valence-electron chi connectivity index (χ1n) is 6.99. The van der Waals surface area contributed by atoms with Crippen molar-refractivity contribution in [1.29, 1.82) is 0 Å². The van der Waals surface area contributed by atoms with Crippen molar-refractivity contribution in [3.8, 4) is 5.75 Å². The zero-order valence-electron chi connectivity index (χ0n) is 11.3. The highest BCUT2D eigenvalue weighted by Gasteiger charge is 2.20. The van der Waals surface area contributed by atoms with Crippen LogP contribution in [0.4, 0.5) is 0 Å². The van der Waals surface area contributed by atoms with Gasteiger partial charge in [-0.3, -0.25) is 4.98 Å². The van der Waals surface area contributed by atoms with Crippen LogP contribution in [-0.4, -0.2) is 17.1 Å². The first kappa shape index (κ1) is 12.4. The molecule has 3 nitrogen and oxygen atoms in total. The summed E-state index contributed by atoms with van der Waals surface area (Å²) >= 11 is 0. The summed E-state index contributed by atoms with van der Waals surface area (Å²) in [6.07, 6.45) is 8.34. The molecule has 0 spiro atoms. The lowest BCUT2D eigenvalue weighted by atomic mass is 9.93. The van der Waals surface area contributed by atoms with Crippen LogP contribution < -0.4 is 10.5 Å². The van der Waals surface area contributed by atoms with Gasteiger partial charge in [-0.2, -0.15) is 0 Å². The minimum absolute atomic E-state index is 0.304. The molecule has 1 heterocycles. The van der Waals surface area contributed by atoms with Gasteiger partial charge in [0.1, 0.15) is 5.75 Å². The molecule has 100 valence electrons. The highest BCUT2D eigenvalue weighted by atomic mass is 16.5. The normalized spacial score (nSPS) is 23.5. The number of benzene rings is 1. The predicted molar refractivity (Wildman–Crippen MR) is 77.3 cm³/mol. The molecular formula is C16H20N2O. The molecule has 0 atom stereocenters. The van der Waals surface area contributed by atoms with Gasteiger partial charge in [0.25, 0.3) is 0 Å². The zero-order valence-corrected chi connectivity index (χ0v) is 11.3. The molecule has 2 aromatic rings. The van der Waals surface area contributed by atoms with Crippen LogP contribution in [0.3, 0.4) is 0 Å². The van der Waals surface area contributed by atoms with Gasteiger partial charge >= 0.3 is 0 Å². The third kappa shape index (κ3) is 2.56. The predicted octanol–water partition coefficient (Wildman–Crippen LogP) is 3.19. The van der Waals surface area contributed by atoms with Gasteiger partial charge in [-0.1, -0.05) is 12.1 Å². The maximum absolute atomic E-state index is 6.21. The van der Waals surface area contributed by atoms with E-state index in [1.165, 1.54) is 10.9 Å². The molecule has 0 amide bonds. The topological polar surface area (TPSA) is 48.1 Å². The zero-order chi connectivity index (χ0) is 13.2. The first-order valence-corrected chi connectivity index (χ1v) is 6.99. The van der Waals surface area contributed by atoms with E-state index < -0.39 is 0 Å². The molecule has 1 aliphatic carbocycles. The van der Waals surface area contributed by atoms with Gasteiger partial charge in [-0.05, 0) is 44.2 Å². The number of fused-ring (bicyclic) bond motifs is 1. The lowest BCUT2D eigenvalue weighted by Crippen LogP contribution is -2.31. The van der Waals surface area contributed by atoms with E-state index in [0.717, 1.165) is 36.8 Å². The summed E-state index contributed by atoms with van der Waals surface area (Å²) in [6, 6.07) is 6.54. The smallest absolute Gasteiger partial charge is 0.127 e. The van der Waals surface area contributed by atoms with Crippen molar-refractivity contribution in [1.82, 2.24) is 4.98 Å². The van der Waals surface area contributed by atoms with Crippen LogP contribution in [-0.2, 0) is 0 Å². The number of rotatable bonds is 2. The molecule has 0 saturated heterocycles. The van der Waals surface area contributed by atoms with Gasteiger partial charge in [-0.15, -0.1) is 0 Å². The summed E-state index contributed by atoms with van der Waals surface area (Å²) < 4.78 is 6.21. The van der Waals surface area contributed by atoms with E-state index in [1.54, 1.807) is 0 Å². The van der Waals surface area contributed by atoms with Crippen LogP contribution >= 0.6 is 0 Å². The molecule has 0 unspecified atom stereocenters. The van der Waals surface area contributed by atoms with Crippen molar-refractivity contribution in [3.63, 3.8) is 0 Å². The molecule has 19 heavy (non-hydrogen) atoms. The number of nitrogens with two attached hydrogens (primary N) is 1. The molecule has 1 saturated carbocycles. The van der Waals surface area contributed by atoms with E-state index >= 15 is 0 Å². The molecule has 0 radical (unpaired) electrons. The van der Waals surface area contributed by atoms with E-state index in [1.807, 2.05) is 18.5 Å². The van der Waals surface area contributed by atoms with Crippen molar-refractivity contribution in [2.45, 2.75) is 44.8 Å². The van der Waals surface area contributed by atoms with Crippen LogP contribution in [0.1, 0.15) is 31.2 Å². The average Bonchev–Trinajstić information content (AvgIpc) is 2.42. The Kier molecular flexibility index (Phi) is 3.38. The number of nitrogens with zero attached hydrogens (tertiary/aromatic N) is 1. The minimum atomic E-state index is 0.304. The van der Waals surface area contributed by atoms with Gasteiger partial charge in [0.2, 0.25) is 0 Å². The lowest BCUT2D eigenvalue weighted by molar-refractivity contribution is 0.149. The molecular weight excluding hydrogens is 236 g/mol. The fourth-order valence-corrected chi connectivity index (χ4v) is 2.86. The third-order valence-electron chi connectivity index (χ3n) is 3.95. The van der Waals surface area contributed by atoms with Gasteiger partial charge in [0.05, 0.1) is 6.10 Å². The van der Waals surface area contributed by atoms with E-state index in [-0.39, 0.29) is 0 Å². The van der Waals surface area contributed by atoms with Crippen molar-refractivity contribution in [3.05, 3.63) is 36.2 Å². The molecule has 1 aromatic heterocycles. The lowest BCUT2D eigenvalue weighted by Gasteiger charge is -2.27. The van der Waals surface area contributed by atoms with Gasteiger partial charge in [0, 0.05) is 29.2 Å². The van der Waals surface area contributed by atoms with Crippen LogP contribution in [0, 0.1) is 6.92 Å². The van der Waals surface area contributed by atoms with Crippen LogP contribution in [0.5, 0.6) is 5.75 Å². The molecule has 1 fully saturated rings. The van der Waals surface area contributed by atoms with Gasteiger partial charge in [0.15, 0.2) is 0 Å². The Labute approximate surface area is 113 Å². The number of aromatic nitrogens is 1. The summed E-state index contributed by atoms with van der Waals surface area (Å²) in [6.45, 7) is 2.08. The van der Waals surface area contributed by atoms with Crippen molar-refractivity contribution >= 4 is 10.8 Å². The first-order chi connectivity index (χ1) is 9.24. The second-order valence-corrected chi connectivity index (χ2v) is 5.47. The summed E-state index contributed by atoms with van der Waals surface area (Å²) in [4.78, 5) is 4.24. The van der Waals surface area contributed by atoms with Crippen LogP contribution in [0.2, 0.25) is 0 Å². The second kappa shape index (κ2) is 5.17. The Morgan fingerprint density at radius 2 is 1.95 bits per heavy atom. The number of ether oxygens (including phenoxy) is 1. The third-order valence-corrected chi connectivity index (χ3v) is 3.95. The Morgan fingerprint density at radius 3 is 2.74 bits per heavy atom. The second-order valence-electron chi connectivity index (χ2n) is 5.47. The minimum Gasteiger partial charge on any atom is -0.490 e. The molecule has 1 aliphatic rings. The number of pyridine rings is 1. The Morgan fingerprint density at radius 1 is 1.16 bits per heavy atom. The molecule has 1 aromatic carbocycles. The average molecular weight is 256 g/mol.